The van der Waals surface area contributed by atoms with Crippen LogP contribution in [0.2, 0.25) is 0 Å². The molecule has 10 nitrogen and oxygen atoms in total. The lowest BCUT2D eigenvalue weighted by molar-refractivity contribution is -0.120. The second kappa shape index (κ2) is 12.7. The number of nitrogens with one attached hydrogen (secondary N) is 4. The molecule has 4 N–H and O–H groups in total. The van der Waals surface area contributed by atoms with E-state index in [1.165, 1.54) is 39.9 Å². The van der Waals surface area contributed by atoms with E-state index in [0.717, 1.165) is 25.7 Å². The van der Waals surface area contributed by atoms with Crippen molar-refractivity contribution in [2.24, 2.45) is 5.92 Å². The Morgan fingerprint density at radius 3 is 1.97 bits per heavy atom. The molecule has 2 aromatic carbocycles. The van der Waals surface area contributed by atoms with E-state index in [9.17, 15) is 14.4 Å². The van der Waals surface area contributed by atoms with Crippen LogP contribution < -0.4 is 35.7 Å². The Hall–Kier alpha value is -3.86. The Morgan fingerprint density at radius 2 is 1.42 bits per heavy atom. The van der Waals surface area contributed by atoms with Crippen LogP contribution in [-0.4, -0.2) is 44.2 Å². The van der Waals surface area contributed by atoms with Gasteiger partial charge in [-0.15, -0.1) is 0 Å². The fourth-order valence-electron chi connectivity index (χ4n) is 3.92. The van der Waals surface area contributed by atoms with Gasteiger partial charge in [0.15, 0.2) is 16.6 Å². The van der Waals surface area contributed by atoms with Crippen molar-refractivity contribution in [2.75, 3.05) is 26.6 Å². The maximum atomic E-state index is 12.6. The summed E-state index contributed by atoms with van der Waals surface area (Å²) in [5, 5.41) is 5.27. The Labute approximate surface area is 215 Å². The van der Waals surface area contributed by atoms with E-state index in [4.69, 9.17) is 26.4 Å². The zero-order chi connectivity index (χ0) is 26.1. The quantitative estimate of drug-likeness (QED) is 0.328. The minimum absolute atomic E-state index is 0.0155. The summed E-state index contributed by atoms with van der Waals surface area (Å²) in [7, 11) is 4.35. The number of hydrazine groups is 1. The highest BCUT2D eigenvalue weighted by Crippen LogP contribution is 2.38. The molecule has 0 radical (unpaired) electrons. The molecule has 192 valence electrons. The number of hydrogen-bond donors (Lipinski definition) is 4. The molecule has 11 heteroatoms. The van der Waals surface area contributed by atoms with E-state index in [1.54, 1.807) is 24.3 Å². The first-order chi connectivity index (χ1) is 17.4. The van der Waals surface area contributed by atoms with Crippen LogP contribution in [0.25, 0.3) is 0 Å². The van der Waals surface area contributed by atoms with E-state index < -0.39 is 11.8 Å². The van der Waals surface area contributed by atoms with Crippen molar-refractivity contribution in [3.63, 3.8) is 0 Å². The van der Waals surface area contributed by atoms with E-state index in [1.807, 2.05) is 0 Å². The van der Waals surface area contributed by atoms with Gasteiger partial charge < -0.3 is 19.5 Å². The summed E-state index contributed by atoms with van der Waals surface area (Å²) in [5.74, 6) is 0.0248. The van der Waals surface area contributed by atoms with Crippen molar-refractivity contribution < 1.29 is 28.6 Å². The Balaban J connectivity index is 1.51. The molecular formula is C25H30N4O6S. The number of ether oxygens (including phenoxy) is 3. The zero-order valence-corrected chi connectivity index (χ0v) is 21.3. The summed E-state index contributed by atoms with van der Waals surface area (Å²) in [6, 6.07) is 9.47. The van der Waals surface area contributed by atoms with Crippen molar-refractivity contribution in [2.45, 2.75) is 32.1 Å². The van der Waals surface area contributed by atoms with Crippen LogP contribution in [0.1, 0.15) is 52.8 Å². The lowest BCUT2D eigenvalue weighted by atomic mass is 9.88. The molecule has 0 saturated heterocycles. The minimum atomic E-state index is -0.543. The van der Waals surface area contributed by atoms with Gasteiger partial charge in [0.25, 0.3) is 11.8 Å². The molecule has 0 atom stereocenters. The zero-order valence-electron chi connectivity index (χ0n) is 20.4. The highest BCUT2D eigenvalue weighted by atomic mass is 32.1. The molecule has 36 heavy (non-hydrogen) atoms. The maximum Gasteiger partial charge on any atom is 0.269 e. The standard InChI is InChI=1S/C25H30N4O6S/c1-33-19-13-17(14-20(34-2)21(19)35-3)23(31)27-25(36)29-28-24(32)16-9-11-18(12-10-16)26-22(30)15-7-5-4-6-8-15/h9-15H,4-8H2,1-3H3,(H,26,30)(H,28,32)(H2,27,29,31,36). The van der Waals surface area contributed by atoms with E-state index in [0.29, 0.717) is 28.5 Å². The predicted octanol–water partition coefficient (Wildman–Crippen LogP) is 3.18. The van der Waals surface area contributed by atoms with Crippen LogP contribution in [0, 0.1) is 5.92 Å². The first kappa shape index (κ1) is 26.7. The molecule has 0 aliphatic heterocycles. The van der Waals surface area contributed by atoms with Gasteiger partial charge >= 0.3 is 0 Å². The second-order valence-corrected chi connectivity index (χ2v) is 8.59. The summed E-state index contributed by atoms with van der Waals surface area (Å²) in [5.41, 5.74) is 6.11. The van der Waals surface area contributed by atoms with Gasteiger partial charge in [-0.2, -0.15) is 0 Å². The largest absolute Gasteiger partial charge is 0.493 e. The van der Waals surface area contributed by atoms with E-state index >= 15 is 0 Å². The fourth-order valence-corrected chi connectivity index (χ4v) is 4.06. The maximum absolute atomic E-state index is 12.6. The van der Waals surface area contributed by atoms with Crippen molar-refractivity contribution in [1.29, 1.82) is 0 Å². The predicted molar refractivity (Wildman–Crippen MR) is 138 cm³/mol. The van der Waals surface area contributed by atoms with Crippen LogP contribution in [0.3, 0.4) is 0 Å². The fraction of sp³-hybridized carbons (Fsp3) is 0.360. The third-order valence-corrected chi connectivity index (χ3v) is 6.04. The molecule has 1 aliphatic rings. The number of benzene rings is 2. The smallest absolute Gasteiger partial charge is 0.269 e. The molecule has 1 fully saturated rings. The van der Waals surface area contributed by atoms with E-state index in [2.05, 4.69) is 21.5 Å². The molecule has 1 aliphatic carbocycles. The van der Waals surface area contributed by atoms with Gasteiger partial charge in [-0.25, -0.2) is 0 Å². The average Bonchev–Trinajstić information content (AvgIpc) is 2.91. The Kier molecular flexibility index (Phi) is 9.46. The Bertz CT molecular complexity index is 1090. The van der Waals surface area contributed by atoms with Gasteiger partial charge in [-0.05, 0) is 61.5 Å². The number of carbonyl (C=O) groups is 3. The SMILES string of the molecule is COc1cc(C(=O)NC(=S)NNC(=O)c2ccc(NC(=O)C3CCCCC3)cc2)cc(OC)c1OC. The van der Waals surface area contributed by atoms with Crippen LogP contribution in [-0.2, 0) is 4.79 Å². The monoisotopic (exact) mass is 514 g/mol. The second-order valence-electron chi connectivity index (χ2n) is 8.18. The number of thiocarbonyl (C=S) groups is 1. The molecule has 1 saturated carbocycles. The summed E-state index contributed by atoms with van der Waals surface area (Å²) in [4.78, 5) is 37.4. The summed E-state index contributed by atoms with van der Waals surface area (Å²) < 4.78 is 15.7. The normalized spacial score (nSPS) is 13.2. The molecule has 0 bridgehead atoms. The van der Waals surface area contributed by atoms with Gasteiger partial charge in [0.05, 0.1) is 21.3 Å². The van der Waals surface area contributed by atoms with Crippen molar-refractivity contribution in [1.82, 2.24) is 16.2 Å². The van der Waals surface area contributed by atoms with Crippen LogP contribution in [0.5, 0.6) is 17.2 Å². The minimum Gasteiger partial charge on any atom is -0.493 e. The lowest BCUT2D eigenvalue weighted by Crippen LogP contribution is -2.48. The van der Waals surface area contributed by atoms with Crippen molar-refractivity contribution in [3.8, 4) is 17.2 Å². The van der Waals surface area contributed by atoms with Crippen LogP contribution in [0.15, 0.2) is 36.4 Å². The van der Waals surface area contributed by atoms with Gasteiger partial charge in [-0.3, -0.25) is 30.6 Å². The van der Waals surface area contributed by atoms with Crippen LogP contribution >= 0.6 is 12.2 Å². The summed E-state index contributed by atoms with van der Waals surface area (Å²) >= 11 is 5.11. The summed E-state index contributed by atoms with van der Waals surface area (Å²) in [6.45, 7) is 0. The number of carbonyl (C=O) groups excluding carboxylic acids is 3. The molecule has 3 rings (SSSR count). The molecule has 2 aromatic rings. The van der Waals surface area contributed by atoms with Gasteiger partial charge in [0, 0.05) is 22.7 Å². The number of hydrogen-bond acceptors (Lipinski definition) is 7. The van der Waals surface area contributed by atoms with Gasteiger partial charge in [0.1, 0.15) is 0 Å². The molecular weight excluding hydrogens is 484 g/mol. The van der Waals surface area contributed by atoms with Crippen molar-refractivity contribution >= 4 is 40.7 Å². The topological polar surface area (TPSA) is 127 Å². The Morgan fingerprint density at radius 1 is 0.806 bits per heavy atom. The van der Waals surface area contributed by atoms with Gasteiger partial charge in [0.2, 0.25) is 11.7 Å². The number of amides is 3. The highest BCUT2D eigenvalue weighted by Gasteiger charge is 2.21. The first-order valence-corrected chi connectivity index (χ1v) is 11.9. The van der Waals surface area contributed by atoms with Crippen LogP contribution in [0.4, 0.5) is 5.69 Å². The lowest BCUT2D eigenvalue weighted by Gasteiger charge is -2.20. The number of anilines is 1. The highest BCUT2D eigenvalue weighted by molar-refractivity contribution is 7.80. The molecule has 0 aromatic heterocycles. The third kappa shape index (κ3) is 6.85. The third-order valence-electron chi connectivity index (χ3n) is 5.83. The molecule has 0 spiro atoms. The summed E-state index contributed by atoms with van der Waals surface area (Å²) in [6.07, 6.45) is 5.16. The molecule has 0 heterocycles. The van der Waals surface area contributed by atoms with Crippen molar-refractivity contribution in [3.05, 3.63) is 47.5 Å². The molecule has 3 amide bonds. The number of rotatable bonds is 7. The number of methoxy groups -OCH3 is 3. The molecule has 0 unspecified atom stereocenters. The first-order valence-electron chi connectivity index (χ1n) is 11.5. The average molecular weight is 515 g/mol. The van der Waals surface area contributed by atoms with Gasteiger partial charge in [-0.1, -0.05) is 19.3 Å². The van der Waals surface area contributed by atoms with E-state index in [-0.39, 0.29) is 22.5 Å².